The molecule has 0 unspecified atom stereocenters. The second kappa shape index (κ2) is 3.73. The third-order valence-electron chi connectivity index (χ3n) is 2.53. The van der Waals surface area contributed by atoms with Crippen molar-refractivity contribution in [2.45, 2.75) is 30.9 Å². The molecule has 60 valence electrons. The molecule has 0 atom stereocenters. The quantitative estimate of drug-likeness (QED) is 0.503. The van der Waals surface area contributed by atoms with Crippen LogP contribution >= 0.6 is 0 Å². The summed E-state index contributed by atoms with van der Waals surface area (Å²) in [6.45, 7) is 0. The van der Waals surface area contributed by atoms with E-state index in [-0.39, 0.29) is 49.0 Å². The van der Waals surface area contributed by atoms with Gasteiger partial charge in [0.15, 0.2) is 0 Å². The van der Waals surface area contributed by atoms with Crippen molar-refractivity contribution in [3.8, 4) is 0 Å². The Balaban J connectivity index is 2.81. The Bertz CT molecular complexity index is 228. The second-order valence-corrected chi connectivity index (χ2v) is 9.54. The van der Waals surface area contributed by atoms with Gasteiger partial charge in [-0.3, -0.25) is 0 Å². The van der Waals surface area contributed by atoms with E-state index in [1.807, 2.05) is 0 Å². The summed E-state index contributed by atoms with van der Waals surface area (Å²) in [5.41, 5.74) is 0. The molecule has 1 fully saturated rings. The van der Waals surface area contributed by atoms with Crippen LogP contribution in [-0.4, -0.2) is 60.8 Å². The van der Waals surface area contributed by atoms with Gasteiger partial charge in [-0.25, -0.2) is 0 Å². The summed E-state index contributed by atoms with van der Waals surface area (Å²) in [5.74, 6) is 0. The van der Waals surface area contributed by atoms with Gasteiger partial charge in [0, 0.05) is 0 Å². The minimum atomic E-state index is -3.74. The van der Waals surface area contributed by atoms with Gasteiger partial charge in [0.1, 0.15) is 0 Å². The third-order valence-corrected chi connectivity index (χ3v) is 8.17. The van der Waals surface area contributed by atoms with Crippen molar-refractivity contribution in [2.75, 3.05) is 0 Å². The van der Waals surface area contributed by atoms with Crippen molar-refractivity contribution in [3.63, 3.8) is 0 Å². The molecule has 0 aliphatic heterocycles. The van der Waals surface area contributed by atoms with Crippen LogP contribution in [0, 0.1) is 0 Å². The van der Waals surface area contributed by atoms with Crippen LogP contribution in [0.4, 0.5) is 0 Å². The van der Waals surface area contributed by atoms with Gasteiger partial charge < -0.3 is 0 Å². The van der Waals surface area contributed by atoms with Gasteiger partial charge in [0.2, 0.25) is 0 Å². The second-order valence-electron chi connectivity index (χ2n) is 3.49. The molecule has 0 saturated heterocycles. The Morgan fingerprint density at radius 3 is 1.91 bits per heavy atom. The standard InChI is InChI=1S/C6H11O3S.K/c7-10(8,9)6-4-2-1-3-5-6;/h1-5H2,(H,7,8,9);. The maximum absolute atomic E-state index is 10.9. The van der Waals surface area contributed by atoms with E-state index in [4.69, 9.17) is 4.55 Å². The normalized spacial score (nSPS) is 25.0. The fourth-order valence-electron chi connectivity index (χ4n) is 1.56. The van der Waals surface area contributed by atoms with E-state index in [0.29, 0.717) is 12.8 Å². The molecule has 1 aliphatic carbocycles. The Hall–Kier alpha value is 1.55. The fourth-order valence-corrected chi connectivity index (χ4v) is 3.47. The van der Waals surface area contributed by atoms with Crippen molar-refractivity contribution < 1.29 is 13.0 Å². The van der Waals surface area contributed by atoms with Gasteiger partial charge >= 0.3 is 103 Å². The first kappa shape index (κ1) is 10.6. The summed E-state index contributed by atoms with van der Waals surface area (Å²) in [5, 5.41) is 0. The summed E-state index contributed by atoms with van der Waals surface area (Å²) in [6.07, 6.45) is 4.41. The first-order valence-electron chi connectivity index (χ1n) is 3.93. The fraction of sp³-hybridized carbons (Fsp3) is 1.00. The predicted octanol–water partition coefficient (Wildman–Crippen LogP) is 0.703. The Kier molecular flexibility index (Phi) is 3.61. The third kappa shape index (κ3) is 2.49. The summed E-state index contributed by atoms with van der Waals surface area (Å²) < 4.78 is 30.1. The molecule has 0 radical (unpaired) electrons. The van der Waals surface area contributed by atoms with Gasteiger partial charge in [0.25, 0.3) is 0 Å². The van der Waals surface area contributed by atoms with Crippen molar-refractivity contribution in [1.29, 1.82) is 0 Å². The molecule has 0 aromatic carbocycles. The van der Waals surface area contributed by atoms with Gasteiger partial charge in [-0.2, -0.15) is 0 Å². The number of hydrogen-bond donors (Lipinski definition) is 1. The molecular formula is C6H11KO3S. The van der Waals surface area contributed by atoms with E-state index in [9.17, 15) is 8.42 Å². The Labute approximate surface area is 101 Å². The Morgan fingerprint density at radius 1 is 1.18 bits per heavy atom. The van der Waals surface area contributed by atoms with Gasteiger partial charge in [-0.15, -0.1) is 0 Å². The molecule has 11 heavy (non-hydrogen) atoms. The zero-order chi connectivity index (χ0) is 8.54. The molecule has 0 aromatic heterocycles. The van der Waals surface area contributed by atoms with Crippen LogP contribution in [0.1, 0.15) is 32.1 Å². The van der Waals surface area contributed by atoms with E-state index in [1.165, 1.54) is 0 Å². The average Bonchev–Trinajstić information content (AvgIpc) is 1.87. The van der Waals surface area contributed by atoms with Crippen LogP contribution in [-0.2, 0) is 10.1 Å². The topological polar surface area (TPSA) is 54.4 Å². The molecule has 0 bridgehead atoms. The van der Waals surface area contributed by atoms with E-state index in [2.05, 4.69) is 0 Å². The van der Waals surface area contributed by atoms with Gasteiger partial charge in [-0.05, 0) is 0 Å². The van der Waals surface area contributed by atoms with Crippen molar-refractivity contribution >= 4 is 59.1 Å². The average molecular weight is 202 g/mol. The summed E-state index contributed by atoms with van der Waals surface area (Å²) in [7, 11) is -3.74. The van der Waals surface area contributed by atoms with Crippen molar-refractivity contribution in [3.05, 3.63) is 0 Å². The van der Waals surface area contributed by atoms with Crippen LogP contribution in [0.2, 0.25) is 0 Å². The van der Waals surface area contributed by atoms with E-state index in [0.717, 1.165) is 19.3 Å². The number of hydrogen-bond acceptors (Lipinski definition) is 2. The molecule has 0 amide bonds. The summed E-state index contributed by atoms with van der Waals surface area (Å²) in [6, 6.07) is 0. The molecule has 0 aromatic rings. The number of rotatable bonds is 1. The first-order chi connectivity index (χ1) is 4.96. The first-order valence-corrected chi connectivity index (χ1v) is 6.93. The van der Waals surface area contributed by atoms with Gasteiger partial charge in [-0.1, -0.05) is 0 Å². The Morgan fingerprint density at radius 2 is 1.64 bits per heavy atom. The van der Waals surface area contributed by atoms with E-state index < -0.39 is 8.96 Å². The summed E-state index contributed by atoms with van der Waals surface area (Å²) >= 11 is 0.175. The van der Waals surface area contributed by atoms with E-state index >= 15 is 0 Å². The monoisotopic (exact) mass is 202 g/mol. The molecular weight excluding hydrogens is 191 g/mol. The zero-order valence-corrected chi connectivity index (χ0v) is 10.6. The minimum absolute atomic E-state index is 0.175. The van der Waals surface area contributed by atoms with E-state index in [1.54, 1.807) is 0 Å². The molecule has 1 N–H and O–H groups in total. The molecule has 1 aliphatic rings. The molecule has 1 saturated carbocycles. The van der Waals surface area contributed by atoms with Crippen LogP contribution in [0.25, 0.3) is 0 Å². The SMILES string of the molecule is O=S(=O)(O)[C]1([K])CCCCC1. The molecule has 1 rings (SSSR count). The van der Waals surface area contributed by atoms with Crippen LogP contribution in [0.5, 0.6) is 0 Å². The van der Waals surface area contributed by atoms with Crippen LogP contribution in [0.15, 0.2) is 0 Å². The molecule has 3 nitrogen and oxygen atoms in total. The summed E-state index contributed by atoms with van der Waals surface area (Å²) in [4.78, 5) is 0. The van der Waals surface area contributed by atoms with Crippen molar-refractivity contribution in [2.24, 2.45) is 0 Å². The predicted molar refractivity (Wildman–Crippen MR) is 43.1 cm³/mol. The molecule has 0 spiro atoms. The van der Waals surface area contributed by atoms with Crippen LogP contribution in [0.3, 0.4) is 0 Å². The van der Waals surface area contributed by atoms with Gasteiger partial charge in [0.05, 0.1) is 0 Å². The molecule has 5 heteroatoms. The maximum atomic E-state index is 10.9. The van der Waals surface area contributed by atoms with Crippen molar-refractivity contribution in [1.82, 2.24) is 0 Å². The molecule has 0 heterocycles. The van der Waals surface area contributed by atoms with Crippen LogP contribution < -0.4 is 0 Å². The zero-order valence-electron chi connectivity index (χ0n) is 6.71.